The highest BCUT2D eigenvalue weighted by Crippen LogP contribution is 2.14. The van der Waals surface area contributed by atoms with Crippen LogP contribution in [0.5, 0.6) is 0 Å². The van der Waals surface area contributed by atoms with E-state index in [1.807, 2.05) is 31.4 Å². The second-order valence-corrected chi connectivity index (χ2v) is 4.60. The first-order valence-electron chi connectivity index (χ1n) is 4.79. The summed E-state index contributed by atoms with van der Waals surface area (Å²) in [6, 6.07) is 3.93. The minimum atomic E-state index is -0.489. The molecule has 0 saturated carbocycles. The fourth-order valence-corrected chi connectivity index (χ4v) is 1.84. The number of thiophene rings is 1. The number of amides is 1. The van der Waals surface area contributed by atoms with Gasteiger partial charge in [-0.25, -0.2) is 5.84 Å². The van der Waals surface area contributed by atoms with Gasteiger partial charge in [0.05, 0.1) is 6.61 Å². The molecule has 0 aliphatic carbocycles. The number of hydrazine groups is 1. The molecule has 0 spiro atoms. The van der Waals surface area contributed by atoms with E-state index in [2.05, 4.69) is 5.43 Å². The van der Waals surface area contributed by atoms with Gasteiger partial charge < -0.3 is 4.74 Å². The Hall–Kier alpha value is -0.910. The minimum Gasteiger partial charge on any atom is -0.363 e. The highest BCUT2D eigenvalue weighted by atomic mass is 32.1. The Morgan fingerprint density at radius 3 is 2.87 bits per heavy atom. The lowest BCUT2D eigenvalue weighted by Gasteiger charge is -2.19. The zero-order valence-electron chi connectivity index (χ0n) is 8.90. The van der Waals surface area contributed by atoms with Gasteiger partial charge in [-0.15, -0.1) is 11.3 Å². The number of carbonyl (C=O) groups excluding carboxylic acids is 1. The molecule has 1 aromatic heterocycles. The largest absolute Gasteiger partial charge is 0.363 e. The SMILES string of the molecule is CC(C)C(OCc1cccs1)C(=O)NN. The maximum Gasteiger partial charge on any atom is 0.263 e. The van der Waals surface area contributed by atoms with Gasteiger partial charge in [0.15, 0.2) is 0 Å². The number of hydrogen-bond donors (Lipinski definition) is 2. The van der Waals surface area contributed by atoms with Crippen LogP contribution in [-0.2, 0) is 16.1 Å². The van der Waals surface area contributed by atoms with Crippen molar-refractivity contribution >= 4 is 17.2 Å². The summed E-state index contributed by atoms with van der Waals surface area (Å²) in [6.45, 7) is 4.30. The van der Waals surface area contributed by atoms with Crippen molar-refractivity contribution in [1.29, 1.82) is 0 Å². The summed E-state index contributed by atoms with van der Waals surface area (Å²) in [5, 5.41) is 1.98. The van der Waals surface area contributed by atoms with Crippen LogP contribution in [0.25, 0.3) is 0 Å². The van der Waals surface area contributed by atoms with Crippen LogP contribution in [0.15, 0.2) is 17.5 Å². The minimum absolute atomic E-state index is 0.105. The first-order chi connectivity index (χ1) is 7.15. The average Bonchev–Trinajstić information content (AvgIpc) is 2.70. The third-order valence-corrected chi connectivity index (χ3v) is 2.84. The molecule has 0 saturated heterocycles. The molecule has 1 amide bonds. The second kappa shape index (κ2) is 5.85. The molecule has 0 aliphatic heterocycles. The van der Waals surface area contributed by atoms with Crippen molar-refractivity contribution in [3.05, 3.63) is 22.4 Å². The van der Waals surface area contributed by atoms with E-state index in [-0.39, 0.29) is 11.8 Å². The van der Waals surface area contributed by atoms with E-state index < -0.39 is 6.10 Å². The molecular formula is C10H16N2O2S. The van der Waals surface area contributed by atoms with Gasteiger partial charge >= 0.3 is 0 Å². The molecule has 5 heteroatoms. The normalized spacial score (nSPS) is 12.8. The molecule has 1 aromatic rings. The summed E-state index contributed by atoms with van der Waals surface area (Å²) in [6.07, 6.45) is -0.489. The highest BCUT2D eigenvalue weighted by Gasteiger charge is 2.22. The third-order valence-electron chi connectivity index (χ3n) is 1.99. The molecule has 4 nitrogen and oxygen atoms in total. The molecule has 1 rings (SSSR count). The first kappa shape index (κ1) is 12.2. The number of nitrogens with two attached hydrogens (primary N) is 1. The molecule has 0 aromatic carbocycles. The highest BCUT2D eigenvalue weighted by molar-refractivity contribution is 7.09. The quantitative estimate of drug-likeness (QED) is 0.453. The van der Waals surface area contributed by atoms with Crippen molar-refractivity contribution in [2.24, 2.45) is 11.8 Å². The molecular weight excluding hydrogens is 212 g/mol. The summed E-state index contributed by atoms with van der Waals surface area (Å²) in [7, 11) is 0. The van der Waals surface area contributed by atoms with Gasteiger partial charge in [-0.05, 0) is 17.4 Å². The lowest BCUT2D eigenvalue weighted by atomic mass is 10.1. The van der Waals surface area contributed by atoms with Gasteiger partial charge in [0.1, 0.15) is 6.10 Å². The van der Waals surface area contributed by atoms with Gasteiger partial charge in [0.25, 0.3) is 5.91 Å². The van der Waals surface area contributed by atoms with Gasteiger partial charge in [-0.3, -0.25) is 10.2 Å². The zero-order valence-corrected chi connectivity index (χ0v) is 9.71. The molecule has 1 atom stereocenters. The van der Waals surface area contributed by atoms with E-state index in [4.69, 9.17) is 10.6 Å². The standard InChI is InChI=1S/C10H16N2O2S/c1-7(2)9(10(13)12-11)14-6-8-4-3-5-15-8/h3-5,7,9H,6,11H2,1-2H3,(H,12,13). The molecule has 1 heterocycles. The fraction of sp³-hybridized carbons (Fsp3) is 0.500. The molecule has 15 heavy (non-hydrogen) atoms. The molecule has 84 valence electrons. The molecule has 0 fully saturated rings. The Bertz CT molecular complexity index is 298. The van der Waals surface area contributed by atoms with Crippen molar-refractivity contribution in [3.8, 4) is 0 Å². The summed E-state index contributed by atoms with van der Waals surface area (Å²) in [5.74, 6) is 4.91. The summed E-state index contributed by atoms with van der Waals surface area (Å²) in [5.41, 5.74) is 2.12. The van der Waals surface area contributed by atoms with Gasteiger partial charge in [-0.2, -0.15) is 0 Å². The van der Waals surface area contributed by atoms with Crippen LogP contribution in [0.3, 0.4) is 0 Å². The Labute approximate surface area is 93.4 Å². The average molecular weight is 228 g/mol. The van der Waals surface area contributed by atoms with Crippen molar-refractivity contribution in [2.45, 2.75) is 26.6 Å². The second-order valence-electron chi connectivity index (χ2n) is 3.56. The maximum atomic E-state index is 11.4. The van der Waals surface area contributed by atoms with Gasteiger partial charge in [-0.1, -0.05) is 19.9 Å². The summed E-state index contributed by atoms with van der Waals surface area (Å²) in [4.78, 5) is 12.5. The van der Waals surface area contributed by atoms with Gasteiger partial charge in [0, 0.05) is 4.88 Å². The lowest BCUT2D eigenvalue weighted by Crippen LogP contribution is -2.43. The fourth-order valence-electron chi connectivity index (χ4n) is 1.22. The molecule has 0 aliphatic rings. The third kappa shape index (κ3) is 3.62. The molecule has 3 N–H and O–H groups in total. The van der Waals surface area contributed by atoms with Crippen molar-refractivity contribution in [3.63, 3.8) is 0 Å². The van der Waals surface area contributed by atoms with E-state index in [0.29, 0.717) is 6.61 Å². The Kier molecular flexibility index (Phi) is 4.74. The molecule has 1 unspecified atom stereocenters. The number of hydrogen-bond acceptors (Lipinski definition) is 4. The predicted molar refractivity (Wildman–Crippen MR) is 60.1 cm³/mol. The van der Waals surface area contributed by atoms with Crippen LogP contribution in [0, 0.1) is 5.92 Å². The smallest absolute Gasteiger partial charge is 0.263 e. The van der Waals surface area contributed by atoms with Crippen LogP contribution in [0.4, 0.5) is 0 Å². The Balaban J connectivity index is 2.49. The van der Waals surface area contributed by atoms with Gasteiger partial charge in [0.2, 0.25) is 0 Å². The van der Waals surface area contributed by atoms with E-state index in [9.17, 15) is 4.79 Å². The Morgan fingerprint density at radius 1 is 1.67 bits per heavy atom. The van der Waals surface area contributed by atoms with Crippen LogP contribution in [0.1, 0.15) is 18.7 Å². The van der Waals surface area contributed by atoms with Crippen LogP contribution >= 0.6 is 11.3 Å². The lowest BCUT2D eigenvalue weighted by molar-refractivity contribution is -0.136. The number of ether oxygens (including phenoxy) is 1. The van der Waals surface area contributed by atoms with E-state index >= 15 is 0 Å². The first-order valence-corrected chi connectivity index (χ1v) is 5.67. The predicted octanol–water partition coefficient (Wildman–Crippen LogP) is 1.28. The topological polar surface area (TPSA) is 64.3 Å². The van der Waals surface area contributed by atoms with E-state index in [0.717, 1.165) is 4.88 Å². The molecule has 0 bridgehead atoms. The van der Waals surface area contributed by atoms with Crippen molar-refractivity contribution < 1.29 is 9.53 Å². The number of carbonyl (C=O) groups is 1. The zero-order chi connectivity index (χ0) is 11.3. The van der Waals surface area contributed by atoms with E-state index in [1.165, 1.54) is 0 Å². The molecule has 0 radical (unpaired) electrons. The van der Waals surface area contributed by atoms with Crippen molar-refractivity contribution in [2.75, 3.05) is 0 Å². The van der Waals surface area contributed by atoms with E-state index in [1.54, 1.807) is 11.3 Å². The maximum absolute atomic E-state index is 11.4. The summed E-state index contributed by atoms with van der Waals surface area (Å²) >= 11 is 1.61. The van der Waals surface area contributed by atoms with Crippen LogP contribution in [0.2, 0.25) is 0 Å². The summed E-state index contributed by atoms with van der Waals surface area (Å²) < 4.78 is 5.52. The number of rotatable bonds is 5. The monoisotopic (exact) mass is 228 g/mol. The number of nitrogens with one attached hydrogen (secondary N) is 1. The van der Waals surface area contributed by atoms with Crippen molar-refractivity contribution in [1.82, 2.24) is 5.43 Å². The van der Waals surface area contributed by atoms with Crippen LogP contribution in [-0.4, -0.2) is 12.0 Å². The van der Waals surface area contributed by atoms with Crippen LogP contribution < -0.4 is 11.3 Å². The Morgan fingerprint density at radius 2 is 2.40 bits per heavy atom.